The maximum atomic E-state index is 13.0. The van der Waals surface area contributed by atoms with Gasteiger partial charge in [-0.25, -0.2) is 18.0 Å². The number of halogens is 3. The van der Waals surface area contributed by atoms with E-state index in [-0.39, 0.29) is 16.1 Å². The van der Waals surface area contributed by atoms with Crippen LogP contribution in [-0.2, 0) is 21.4 Å². The molecule has 3 rings (SSSR count). The van der Waals surface area contributed by atoms with Gasteiger partial charge >= 0.3 is 18.1 Å². The molecule has 0 unspecified atom stereocenters. The molecule has 39 heavy (non-hydrogen) atoms. The lowest BCUT2D eigenvalue weighted by atomic mass is 10.1. The Morgan fingerprint density at radius 2 is 1.46 bits per heavy atom. The van der Waals surface area contributed by atoms with Crippen molar-refractivity contribution in [2.24, 2.45) is 0 Å². The highest BCUT2D eigenvalue weighted by Gasteiger charge is 2.38. The predicted octanol–water partition coefficient (Wildman–Crippen LogP) is 5.77. The van der Waals surface area contributed by atoms with Crippen LogP contribution in [0.25, 0.3) is 0 Å². The zero-order valence-electron chi connectivity index (χ0n) is 21.7. The standard InChI is InChI=1S/C25H28N2O4S.C2HF3O2/c1-5-27(16-20-9-7-6-8-10-20)23-12-11-21(15-22(23)25(28)29)26-32(30,31)24-14-18(3)17(2)13-19(24)4;3-2(4,5)1(6)7/h6-15,26H,5,16H2,1-4H3,(H,28,29);(H,6,7). The molecule has 3 aromatic rings. The molecule has 210 valence electrons. The Balaban J connectivity index is 0.000000673. The molecule has 0 atom stereocenters. The van der Waals surface area contributed by atoms with E-state index in [2.05, 4.69) is 4.72 Å². The maximum Gasteiger partial charge on any atom is 0.490 e. The van der Waals surface area contributed by atoms with E-state index >= 15 is 0 Å². The Hall–Kier alpha value is -4.06. The first-order chi connectivity index (χ1) is 18.1. The third kappa shape index (κ3) is 8.47. The number of anilines is 2. The number of nitrogens with zero attached hydrogens (tertiary/aromatic N) is 1. The number of rotatable bonds is 8. The quantitative estimate of drug-likeness (QED) is 0.316. The van der Waals surface area contributed by atoms with Gasteiger partial charge in [-0.2, -0.15) is 13.2 Å². The SMILES string of the molecule is CCN(Cc1ccccc1)c1ccc(NS(=O)(=O)c2cc(C)c(C)cc2C)cc1C(=O)O.O=C(O)C(F)(F)F. The minimum absolute atomic E-state index is 0.0415. The van der Waals surface area contributed by atoms with Crippen LogP contribution in [0, 0.1) is 20.8 Å². The molecule has 0 amide bonds. The highest BCUT2D eigenvalue weighted by atomic mass is 32.2. The molecule has 12 heteroatoms. The molecule has 0 aromatic heterocycles. The third-order valence-electron chi connectivity index (χ3n) is 5.74. The lowest BCUT2D eigenvalue weighted by Crippen LogP contribution is -2.24. The van der Waals surface area contributed by atoms with E-state index in [0.29, 0.717) is 24.3 Å². The summed E-state index contributed by atoms with van der Waals surface area (Å²) in [5.74, 6) is -3.87. The van der Waals surface area contributed by atoms with Crippen molar-refractivity contribution in [3.05, 3.63) is 88.5 Å². The first-order valence-electron chi connectivity index (χ1n) is 11.6. The molecule has 0 aliphatic rings. The average molecular weight is 567 g/mol. The van der Waals surface area contributed by atoms with Gasteiger partial charge in [-0.3, -0.25) is 4.72 Å². The summed E-state index contributed by atoms with van der Waals surface area (Å²) in [5.41, 5.74) is 4.36. The molecule has 0 saturated carbocycles. The summed E-state index contributed by atoms with van der Waals surface area (Å²) in [4.78, 5) is 23.0. The monoisotopic (exact) mass is 566 g/mol. The van der Waals surface area contributed by atoms with Gasteiger partial charge in [-0.05, 0) is 74.2 Å². The van der Waals surface area contributed by atoms with E-state index in [1.54, 1.807) is 25.1 Å². The third-order valence-corrected chi connectivity index (χ3v) is 7.26. The predicted molar refractivity (Wildman–Crippen MR) is 142 cm³/mol. The molecule has 0 bridgehead atoms. The Morgan fingerprint density at radius 1 is 0.897 bits per heavy atom. The minimum Gasteiger partial charge on any atom is -0.478 e. The van der Waals surface area contributed by atoms with Crippen molar-refractivity contribution in [2.75, 3.05) is 16.2 Å². The molecule has 0 heterocycles. The number of carboxylic acid groups (broad SMARTS) is 2. The van der Waals surface area contributed by atoms with Gasteiger partial charge in [0.05, 0.1) is 16.1 Å². The van der Waals surface area contributed by atoms with E-state index in [0.717, 1.165) is 16.7 Å². The lowest BCUT2D eigenvalue weighted by molar-refractivity contribution is -0.192. The van der Waals surface area contributed by atoms with Crippen molar-refractivity contribution >= 4 is 33.3 Å². The summed E-state index contributed by atoms with van der Waals surface area (Å²) in [7, 11) is -3.87. The Bertz CT molecular complexity index is 1440. The summed E-state index contributed by atoms with van der Waals surface area (Å²) in [6.45, 7) is 8.63. The van der Waals surface area contributed by atoms with Crippen LogP contribution in [0.15, 0.2) is 65.6 Å². The van der Waals surface area contributed by atoms with Crippen LogP contribution in [0.3, 0.4) is 0 Å². The largest absolute Gasteiger partial charge is 0.490 e. The lowest BCUT2D eigenvalue weighted by Gasteiger charge is -2.25. The van der Waals surface area contributed by atoms with Gasteiger partial charge < -0.3 is 15.1 Å². The van der Waals surface area contributed by atoms with Gasteiger partial charge in [0.2, 0.25) is 0 Å². The molecule has 0 radical (unpaired) electrons. The zero-order valence-corrected chi connectivity index (χ0v) is 22.5. The number of alkyl halides is 3. The Labute approximate surface area is 224 Å². The number of hydrogen-bond acceptors (Lipinski definition) is 5. The molecule has 3 aromatic carbocycles. The van der Waals surface area contributed by atoms with Crippen molar-refractivity contribution in [1.82, 2.24) is 0 Å². The number of sulfonamides is 1. The second kappa shape index (κ2) is 12.7. The average Bonchev–Trinajstić information content (AvgIpc) is 2.85. The zero-order chi connectivity index (χ0) is 29.5. The summed E-state index contributed by atoms with van der Waals surface area (Å²) >= 11 is 0. The van der Waals surface area contributed by atoms with Crippen molar-refractivity contribution in [3.8, 4) is 0 Å². The van der Waals surface area contributed by atoms with Crippen LogP contribution in [-0.4, -0.2) is 43.3 Å². The van der Waals surface area contributed by atoms with Crippen molar-refractivity contribution in [2.45, 2.75) is 45.3 Å². The van der Waals surface area contributed by atoms with Crippen LogP contribution in [0.5, 0.6) is 0 Å². The van der Waals surface area contributed by atoms with Crippen LogP contribution >= 0.6 is 0 Å². The Morgan fingerprint density at radius 3 is 1.97 bits per heavy atom. The smallest absolute Gasteiger partial charge is 0.478 e. The topological polar surface area (TPSA) is 124 Å². The number of aromatic carboxylic acids is 1. The fourth-order valence-corrected chi connectivity index (χ4v) is 5.01. The van der Waals surface area contributed by atoms with Gasteiger partial charge in [0, 0.05) is 18.8 Å². The fraction of sp³-hybridized carbons (Fsp3) is 0.259. The number of aryl methyl sites for hydroxylation is 3. The van der Waals surface area contributed by atoms with E-state index in [1.807, 2.05) is 62.1 Å². The van der Waals surface area contributed by atoms with E-state index in [4.69, 9.17) is 9.90 Å². The molecule has 0 aliphatic heterocycles. The van der Waals surface area contributed by atoms with Crippen molar-refractivity contribution < 1.29 is 41.4 Å². The normalized spacial score (nSPS) is 11.3. The van der Waals surface area contributed by atoms with Crippen LogP contribution in [0.4, 0.5) is 24.5 Å². The van der Waals surface area contributed by atoms with E-state index < -0.39 is 28.1 Å². The summed E-state index contributed by atoms with van der Waals surface area (Å²) in [6, 6.07) is 17.9. The number of hydrogen-bond donors (Lipinski definition) is 3. The molecule has 0 saturated heterocycles. The minimum atomic E-state index is -5.08. The summed E-state index contributed by atoms with van der Waals surface area (Å²) < 4.78 is 60.3. The van der Waals surface area contributed by atoms with Gasteiger partial charge in [0.25, 0.3) is 10.0 Å². The first-order valence-corrected chi connectivity index (χ1v) is 13.1. The number of carbonyl (C=O) groups is 2. The maximum absolute atomic E-state index is 13.0. The number of aliphatic carboxylic acids is 1. The van der Waals surface area contributed by atoms with E-state index in [1.165, 1.54) is 6.07 Å². The number of benzene rings is 3. The fourth-order valence-electron chi connectivity index (χ4n) is 3.65. The summed E-state index contributed by atoms with van der Waals surface area (Å²) in [6.07, 6.45) is -5.08. The molecular formula is C27H29F3N2O6S. The second-order valence-corrected chi connectivity index (χ2v) is 10.3. The molecule has 0 fully saturated rings. The van der Waals surface area contributed by atoms with Gasteiger partial charge in [0.1, 0.15) is 0 Å². The van der Waals surface area contributed by atoms with Crippen LogP contribution in [0.2, 0.25) is 0 Å². The highest BCUT2D eigenvalue weighted by molar-refractivity contribution is 7.92. The van der Waals surface area contributed by atoms with Crippen molar-refractivity contribution in [3.63, 3.8) is 0 Å². The second-order valence-electron chi connectivity index (χ2n) is 8.65. The van der Waals surface area contributed by atoms with Crippen molar-refractivity contribution in [1.29, 1.82) is 0 Å². The van der Waals surface area contributed by atoms with Gasteiger partial charge in [0.15, 0.2) is 0 Å². The van der Waals surface area contributed by atoms with Gasteiger partial charge in [-0.1, -0.05) is 36.4 Å². The molecule has 0 aliphatic carbocycles. The summed E-state index contributed by atoms with van der Waals surface area (Å²) in [5, 5.41) is 16.9. The van der Waals surface area contributed by atoms with Gasteiger partial charge in [-0.15, -0.1) is 0 Å². The Kier molecular flexibility index (Phi) is 10.1. The number of carboxylic acids is 2. The van der Waals surface area contributed by atoms with Crippen LogP contribution in [0.1, 0.15) is 39.5 Å². The van der Waals surface area contributed by atoms with Crippen LogP contribution < -0.4 is 9.62 Å². The molecule has 0 spiro atoms. The first kappa shape index (κ1) is 31.2. The van der Waals surface area contributed by atoms with E-state index in [9.17, 15) is 31.5 Å². The number of nitrogens with one attached hydrogen (secondary N) is 1. The molecular weight excluding hydrogens is 537 g/mol. The highest BCUT2D eigenvalue weighted by Crippen LogP contribution is 2.28. The molecule has 8 nitrogen and oxygen atoms in total. The molecule has 3 N–H and O–H groups in total.